The third kappa shape index (κ3) is 3.87. The van der Waals surface area contributed by atoms with Crippen molar-refractivity contribution in [2.24, 2.45) is 0 Å². The normalized spacial score (nSPS) is 29.9. The van der Waals surface area contributed by atoms with Crippen molar-refractivity contribution in [1.82, 2.24) is 10.2 Å². The van der Waals surface area contributed by atoms with E-state index in [1.165, 1.54) is 11.8 Å². The Bertz CT molecular complexity index is 365. The fourth-order valence-corrected chi connectivity index (χ4v) is 2.45. The zero-order valence-corrected chi connectivity index (χ0v) is 11.0. The molecule has 20 heavy (non-hydrogen) atoms. The molecular formula is C11H20N2O7. The summed E-state index contributed by atoms with van der Waals surface area (Å²) >= 11 is 0. The van der Waals surface area contributed by atoms with Gasteiger partial charge in [0, 0.05) is 13.5 Å². The van der Waals surface area contributed by atoms with Gasteiger partial charge in [-0.1, -0.05) is 0 Å². The highest BCUT2D eigenvalue weighted by Crippen LogP contribution is 2.23. The minimum Gasteiger partial charge on any atom is -0.480 e. The topological polar surface area (TPSA) is 151 Å². The maximum Gasteiger partial charge on any atom is 0.317 e. The highest BCUT2D eigenvalue weighted by Gasteiger charge is 2.47. The Labute approximate surface area is 115 Å². The molecule has 9 heteroatoms. The molecule has 0 unspecified atom stereocenters. The summed E-state index contributed by atoms with van der Waals surface area (Å²) < 4.78 is 0. The zero-order valence-electron chi connectivity index (χ0n) is 11.0. The van der Waals surface area contributed by atoms with Gasteiger partial charge in [-0.25, -0.2) is 0 Å². The quantitative estimate of drug-likeness (QED) is 0.293. The van der Waals surface area contributed by atoms with E-state index >= 15 is 0 Å². The monoisotopic (exact) mass is 292 g/mol. The van der Waals surface area contributed by atoms with E-state index in [0.717, 1.165) is 0 Å². The first-order valence-electron chi connectivity index (χ1n) is 6.16. The largest absolute Gasteiger partial charge is 0.480 e. The van der Waals surface area contributed by atoms with Crippen LogP contribution in [0, 0.1) is 0 Å². The second-order valence-electron chi connectivity index (χ2n) is 4.85. The van der Waals surface area contributed by atoms with Crippen LogP contribution >= 0.6 is 0 Å². The summed E-state index contributed by atoms with van der Waals surface area (Å²) in [7, 11) is 0. The average Bonchev–Trinajstić information content (AvgIpc) is 2.62. The molecule has 0 bridgehead atoms. The molecule has 116 valence electrons. The van der Waals surface area contributed by atoms with Crippen LogP contribution in [0.5, 0.6) is 0 Å². The van der Waals surface area contributed by atoms with Gasteiger partial charge in [-0.3, -0.25) is 14.5 Å². The number of hydrogen-bond donors (Lipinski definition) is 6. The summed E-state index contributed by atoms with van der Waals surface area (Å²) in [5.41, 5.74) is 0. The van der Waals surface area contributed by atoms with E-state index in [9.17, 15) is 24.9 Å². The summed E-state index contributed by atoms with van der Waals surface area (Å²) in [5.74, 6) is -1.63. The van der Waals surface area contributed by atoms with Gasteiger partial charge in [0.15, 0.2) is 0 Å². The Hall–Kier alpha value is -1.26. The molecule has 1 rings (SSSR count). The summed E-state index contributed by atoms with van der Waals surface area (Å²) in [6.07, 6.45) is -4.09. The molecule has 9 nitrogen and oxygen atoms in total. The first kappa shape index (κ1) is 16.8. The number of nitrogens with one attached hydrogen (secondary N) is 1. The molecular weight excluding hydrogens is 272 g/mol. The summed E-state index contributed by atoms with van der Waals surface area (Å²) in [4.78, 5) is 23.2. The second-order valence-corrected chi connectivity index (χ2v) is 4.85. The van der Waals surface area contributed by atoms with E-state index in [4.69, 9.17) is 10.2 Å². The third-order valence-corrected chi connectivity index (χ3v) is 3.27. The molecule has 1 saturated heterocycles. The van der Waals surface area contributed by atoms with Crippen LogP contribution in [0.3, 0.4) is 0 Å². The number of rotatable bonds is 6. The van der Waals surface area contributed by atoms with Crippen LogP contribution in [-0.4, -0.2) is 92.4 Å². The molecule has 1 fully saturated rings. The van der Waals surface area contributed by atoms with Crippen LogP contribution in [0.2, 0.25) is 0 Å². The lowest BCUT2D eigenvalue weighted by Crippen LogP contribution is -2.57. The number of aliphatic carboxylic acids is 1. The number of aliphatic hydroxyl groups excluding tert-OH is 4. The number of β-amino-alcohol motifs (C(OH)–C–C–N with tert-alkyl or cyclic N) is 1. The Morgan fingerprint density at radius 2 is 2.00 bits per heavy atom. The van der Waals surface area contributed by atoms with Gasteiger partial charge in [0.05, 0.1) is 37.4 Å². The highest BCUT2D eigenvalue weighted by molar-refractivity contribution is 5.73. The number of hydrogen-bond acceptors (Lipinski definition) is 7. The van der Waals surface area contributed by atoms with Crippen LogP contribution in [0.1, 0.15) is 6.92 Å². The van der Waals surface area contributed by atoms with E-state index < -0.39 is 55.4 Å². The molecule has 0 aliphatic carbocycles. The zero-order chi connectivity index (χ0) is 15.4. The fraction of sp³-hybridized carbons (Fsp3) is 0.818. The molecule has 0 spiro atoms. The molecule has 0 aromatic carbocycles. The number of aliphatic hydroxyl groups is 4. The van der Waals surface area contributed by atoms with Crippen molar-refractivity contribution < 1.29 is 35.1 Å². The van der Waals surface area contributed by atoms with Crippen LogP contribution < -0.4 is 5.32 Å². The molecule has 0 aromatic rings. The summed E-state index contributed by atoms with van der Waals surface area (Å²) in [6, 6.07) is -1.94. The van der Waals surface area contributed by atoms with E-state index in [1.54, 1.807) is 0 Å². The van der Waals surface area contributed by atoms with E-state index in [2.05, 4.69) is 5.32 Å². The van der Waals surface area contributed by atoms with Crippen molar-refractivity contribution in [2.45, 2.75) is 37.3 Å². The Morgan fingerprint density at radius 3 is 2.45 bits per heavy atom. The minimum absolute atomic E-state index is 0.0723. The standard InChI is InChI=1S/C11H20N2O7/c1-5(15)12-9-6(16)2-13(3-8(18)19)10(9)11(20)7(17)4-14/h6-7,9-11,14,16-17,20H,2-4H2,1H3,(H,12,15)(H,18,19)/t6-,7+,9+,10+,11+/m0/s1. The van der Waals surface area contributed by atoms with Gasteiger partial charge in [0.1, 0.15) is 6.10 Å². The van der Waals surface area contributed by atoms with Crippen molar-refractivity contribution in [2.75, 3.05) is 19.7 Å². The van der Waals surface area contributed by atoms with Crippen LogP contribution in [0.4, 0.5) is 0 Å². The summed E-state index contributed by atoms with van der Waals surface area (Å²) in [5, 5.41) is 49.5. The molecule has 0 radical (unpaired) electrons. The Kier molecular flexibility index (Phi) is 5.84. The molecule has 1 amide bonds. The van der Waals surface area contributed by atoms with E-state index in [-0.39, 0.29) is 6.54 Å². The molecule has 1 aliphatic heterocycles. The first-order chi connectivity index (χ1) is 9.27. The van der Waals surface area contributed by atoms with Gasteiger partial charge < -0.3 is 30.8 Å². The number of carboxylic acid groups (broad SMARTS) is 1. The average molecular weight is 292 g/mol. The van der Waals surface area contributed by atoms with E-state index in [0.29, 0.717) is 0 Å². The van der Waals surface area contributed by atoms with Crippen molar-refractivity contribution in [1.29, 1.82) is 0 Å². The number of likely N-dealkylation sites (tertiary alicyclic amines) is 1. The second kappa shape index (κ2) is 6.95. The van der Waals surface area contributed by atoms with Gasteiger partial charge in [0.2, 0.25) is 5.91 Å². The Balaban J connectivity index is 2.96. The lowest BCUT2D eigenvalue weighted by molar-refractivity contribution is -0.139. The maximum absolute atomic E-state index is 11.1. The van der Waals surface area contributed by atoms with Gasteiger partial charge in [-0.2, -0.15) is 0 Å². The highest BCUT2D eigenvalue weighted by atomic mass is 16.4. The molecule has 6 N–H and O–H groups in total. The first-order valence-corrected chi connectivity index (χ1v) is 6.16. The van der Waals surface area contributed by atoms with Crippen LogP contribution in [0.15, 0.2) is 0 Å². The lowest BCUT2D eigenvalue weighted by Gasteiger charge is -2.33. The molecule has 0 saturated carbocycles. The molecule has 5 atom stereocenters. The van der Waals surface area contributed by atoms with Crippen molar-refractivity contribution in [3.8, 4) is 0 Å². The molecule has 1 aliphatic rings. The predicted molar refractivity (Wildman–Crippen MR) is 65.7 cm³/mol. The number of amides is 1. The van der Waals surface area contributed by atoms with Gasteiger partial charge in [-0.05, 0) is 0 Å². The van der Waals surface area contributed by atoms with Gasteiger partial charge >= 0.3 is 5.97 Å². The lowest BCUT2D eigenvalue weighted by atomic mass is 9.97. The number of carbonyl (C=O) groups is 2. The number of carbonyl (C=O) groups excluding carboxylic acids is 1. The third-order valence-electron chi connectivity index (χ3n) is 3.27. The SMILES string of the molecule is CC(=O)N[C@H]1[C@H]([C@H](O)[C@H](O)CO)N(CC(=O)O)C[C@@H]1O. The Morgan fingerprint density at radius 1 is 1.40 bits per heavy atom. The molecule has 1 heterocycles. The fourth-order valence-electron chi connectivity index (χ4n) is 2.45. The van der Waals surface area contributed by atoms with Crippen molar-refractivity contribution in [3.05, 3.63) is 0 Å². The predicted octanol–water partition coefficient (Wildman–Crippen LogP) is -3.67. The van der Waals surface area contributed by atoms with Crippen molar-refractivity contribution >= 4 is 11.9 Å². The van der Waals surface area contributed by atoms with Crippen LogP contribution in [0.25, 0.3) is 0 Å². The number of carboxylic acids is 1. The van der Waals surface area contributed by atoms with Gasteiger partial charge in [-0.15, -0.1) is 0 Å². The number of nitrogens with zero attached hydrogens (tertiary/aromatic N) is 1. The van der Waals surface area contributed by atoms with Crippen molar-refractivity contribution in [3.63, 3.8) is 0 Å². The van der Waals surface area contributed by atoms with Gasteiger partial charge in [0.25, 0.3) is 0 Å². The van der Waals surface area contributed by atoms with Crippen LogP contribution in [-0.2, 0) is 9.59 Å². The minimum atomic E-state index is -1.51. The molecule has 0 aromatic heterocycles. The summed E-state index contributed by atoms with van der Waals surface area (Å²) in [6.45, 7) is -0.0376. The maximum atomic E-state index is 11.1. The smallest absolute Gasteiger partial charge is 0.317 e. The van der Waals surface area contributed by atoms with E-state index in [1.807, 2.05) is 0 Å².